The minimum Gasteiger partial charge on any atom is -0.449 e. The van der Waals surface area contributed by atoms with E-state index in [2.05, 4.69) is 57.6 Å². The van der Waals surface area contributed by atoms with Gasteiger partial charge in [0.2, 0.25) is 0 Å². The highest BCUT2D eigenvalue weighted by atomic mass is 79.9. The van der Waals surface area contributed by atoms with Crippen LogP contribution in [0.2, 0.25) is 0 Å². The monoisotopic (exact) mass is 479 g/mol. The number of ether oxygens (including phenoxy) is 1. The van der Waals surface area contributed by atoms with Crippen molar-refractivity contribution in [1.29, 1.82) is 0 Å². The van der Waals surface area contributed by atoms with Crippen LogP contribution in [0.1, 0.15) is 28.2 Å². The molecule has 0 heterocycles. The Labute approximate surface area is 191 Å². The lowest BCUT2D eigenvalue weighted by atomic mass is 9.98. The fourth-order valence-electron chi connectivity index (χ4n) is 4.18. The SMILES string of the molecule is Cc1ccc(CC(CO)CNC(=O)OCC2c3ccccc3-c3ccccc32)cc1Br. The number of nitrogens with one attached hydrogen (secondary N) is 1. The first-order valence-corrected chi connectivity index (χ1v) is 11.3. The van der Waals surface area contributed by atoms with Gasteiger partial charge in [-0.2, -0.15) is 0 Å². The van der Waals surface area contributed by atoms with E-state index in [9.17, 15) is 9.90 Å². The van der Waals surface area contributed by atoms with Crippen molar-refractivity contribution >= 4 is 22.0 Å². The number of aliphatic hydroxyl groups excluding tert-OH is 1. The van der Waals surface area contributed by atoms with E-state index in [1.54, 1.807) is 0 Å². The van der Waals surface area contributed by atoms with Crippen LogP contribution in [-0.2, 0) is 11.2 Å². The van der Waals surface area contributed by atoms with Gasteiger partial charge in [-0.05, 0) is 52.8 Å². The van der Waals surface area contributed by atoms with Gasteiger partial charge in [0.1, 0.15) is 6.61 Å². The number of aliphatic hydroxyl groups is 1. The zero-order chi connectivity index (χ0) is 21.8. The molecule has 4 rings (SSSR count). The van der Waals surface area contributed by atoms with Gasteiger partial charge in [-0.25, -0.2) is 4.79 Å². The van der Waals surface area contributed by atoms with E-state index in [1.807, 2.05) is 37.3 Å². The third kappa shape index (κ3) is 4.83. The maximum absolute atomic E-state index is 12.4. The maximum atomic E-state index is 12.4. The molecule has 1 unspecified atom stereocenters. The van der Waals surface area contributed by atoms with Crippen LogP contribution in [-0.4, -0.2) is 31.0 Å². The molecule has 31 heavy (non-hydrogen) atoms. The molecule has 5 heteroatoms. The standard InChI is InChI=1S/C26H26BrNO3/c1-17-10-11-18(13-25(17)27)12-19(15-29)14-28-26(30)31-16-24-22-8-4-2-6-20(22)21-7-3-5-9-23(21)24/h2-11,13,19,24,29H,12,14-16H2,1H3,(H,28,30). The molecular weight excluding hydrogens is 454 g/mol. The largest absolute Gasteiger partial charge is 0.449 e. The van der Waals surface area contributed by atoms with E-state index in [-0.39, 0.29) is 25.0 Å². The topological polar surface area (TPSA) is 58.6 Å². The average molecular weight is 480 g/mol. The minimum atomic E-state index is -0.453. The molecule has 160 valence electrons. The zero-order valence-electron chi connectivity index (χ0n) is 17.5. The van der Waals surface area contributed by atoms with Gasteiger partial charge < -0.3 is 15.2 Å². The number of alkyl carbamates (subject to hydrolysis) is 1. The fraction of sp³-hybridized carbons (Fsp3) is 0.269. The van der Waals surface area contributed by atoms with Gasteiger partial charge >= 0.3 is 6.09 Å². The van der Waals surface area contributed by atoms with Crippen LogP contribution in [0.3, 0.4) is 0 Å². The molecule has 0 aliphatic heterocycles. The summed E-state index contributed by atoms with van der Waals surface area (Å²) >= 11 is 3.54. The van der Waals surface area contributed by atoms with Crippen molar-refractivity contribution in [2.75, 3.05) is 19.8 Å². The van der Waals surface area contributed by atoms with E-state index in [0.717, 1.165) is 10.0 Å². The number of fused-ring (bicyclic) bond motifs is 3. The average Bonchev–Trinajstić information content (AvgIpc) is 3.11. The summed E-state index contributed by atoms with van der Waals surface area (Å²) < 4.78 is 6.63. The van der Waals surface area contributed by atoms with Crippen LogP contribution in [0.5, 0.6) is 0 Å². The van der Waals surface area contributed by atoms with Crippen molar-refractivity contribution in [2.45, 2.75) is 19.3 Å². The predicted molar refractivity (Wildman–Crippen MR) is 126 cm³/mol. The minimum absolute atomic E-state index is 0.00481. The normalized spacial score (nSPS) is 13.4. The highest BCUT2D eigenvalue weighted by Crippen LogP contribution is 2.44. The van der Waals surface area contributed by atoms with Gasteiger partial charge in [0.15, 0.2) is 0 Å². The van der Waals surface area contributed by atoms with Crippen molar-refractivity contribution in [3.63, 3.8) is 0 Å². The van der Waals surface area contributed by atoms with Crippen LogP contribution in [0.4, 0.5) is 4.79 Å². The Morgan fingerprint density at radius 3 is 2.32 bits per heavy atom. The number of rotatable bonds is 7. The Morgan fingerprint density at radius 1 is 1.06 bits per heavy atom. The zero-order valence-corrected chi connectivity index (χ0v) is 19.1. The highest BCUT2D eigenvalue weighted by molar-refractivity contribution is 9.10. The van der Waals surface area contributed by atoms with Gasteiger partial charge in [-0.1, -0.05) is 76.6 Å². The third-order valence-electron chi connectivity index (χ3n) is 5.90. The van der Waals surface area contributed by atoms with Crippen LogP contribution in [0, 0.1) is 12.8 Å². The summed E-state index contributed by atoms with van der Waals surface area (Å²) in [6.07, 6.45) is 0.226. The Bertz CT molecular complexity index is 1040. The van der Waals surface area contributed by atoms with E-state index in [1.165, 1.54) is 27.8 Å². The third-order valence-corrected chi connectivity index (χ3v) is 6.75. The molecule has 0 saturated carbocycles. The number of hydrogen-bond donors (Lipinski definition) is 2. The van der Waals surface area contributed by atoms with Crippen molar-refractivity contribution in [1.82, 2.24) is 5.32 Å². The predicted octanol–water partition coefficient (Wildman–Crippen LogP) is 5.45. The number of hydrogen-bond acceptors (Lipinski definition) is 3. The van der Waals surface area contributed by atoms with Crippen LogP contribution < -0.4 is 5.32 Å². The molecule has 0 radical (unpaired) electrons. The second-order valence-electron chi connectivity index (χ2n) is 8.04. The van der Waals surface area contributed by atoms with Crippen molar-refractivity contribution in [3.8, 4) is 11.1 Å². The molecule has 0 bridgehead atoms. The molecular formula is C26H26BrNO3. The lowest BCUT2D eigenvalue weighted by Crippen LogP contribution is -2.33. The number of amides is 1. The van der Waals surface area contributed by atoms with Crippen LogP contribution in [0.15, 0.2) is 71.2 Å². The Hall–Kier alpha value is -2.63. The molecule has 3 aromatic carbocycles. The summed E-state index contributed by atoms with van der Waals surface area (Å²) in [7, 11) is 0. The van der Waals surface area contributed by atoms with Gasteiger partial charge in [-0.3, -0.25) is 0 Å². The lowest BCUT2D eigenvalue weighted by molar-refractivity contribution is 0.138. The van der Waals surface area contributed by atoms with Crippen molar-refractivity contribution in [2.24, 2.45) is 5.92 Å². The molecule has 2 N–H and O–H groups in total. The summed E-state index contributed by atoms with van der Waals surface area (Å²) in [6.45, 7) is 2.68. The summed E-state index contributed by atoms with van der Waals surface area (Å²) in [5, 5.41) is 12.6. The summed E-state index contributed by atoms with van der Waals surface area (Å²) in [5.74, 6) is -0.0354. The molecule has 4 nitrogen and oxygen atoms in total. The van der Waals surface area contributed by atoms with E-state index in [4.69, 9.17) is 4.74 Å². The first-order valence-electron chi connectivity index (χ1n) is 10.5. The first-order chi connectivity index (χ1) is 15.1. The van der Waals surface area contributed by atoms with Gasteiger partial charge in [0.25, 0.3) is 0 Å². The lowest BCUT2D eigenvalue weighted by Gasteiger charge is -2.17. The van der Waals surface area contributed by atoms with E-state index >= 15 is 0 Å². The molecule has 1 aliphatic carbocycles. The summed E-state index contributed by atoms with van der Waals surface area (Å²) in [6, 6.07) is 22.7. The molecule has 1 aliphatic rings. The van der Waals surface area contributed by atoms with Crippen molar-refractivity contribution < 1.29 is 14.6 Å². The first kappa shape index (κ1) is 21.6. The quantitative estimate of drug-likeness (QED) is 0.473. The summed E-state index contributed by atoms with van der Waals surface area (Å²) in [5.41, 5.74) is 7.07. The van der Waals surface area contributed by atoms with Gasteiger partial charge in [0.05, 0.1) is 0 Å². The molecule has 0 spiro atoms. The Balaban J connectivity index is 1.33. The van der Waals surface area contributed by atoms with Gasteiger partial charge in [-0.15, -0.1) is 0 Å². The summed E-state index contributed by atoms with van der Waals surface area (Å²) in [4.78, 5) is 12.4. The molecule has 0 fully saturated rings. The van der Waals surface area contributed by atoms with Crippen molar-refractivity contribution in [3.05, 3.63) is 93.5 Å². The van der Waals surface area contributed by atoms with Crippen LogP contribution in [0.25, 0.3) is 11.1 Å². The molecule has 1 atom stereocenters. The smallest absolute Gasteiger partial charge is 0.407 e. The van der Waals surface area contributed by atoms with Crippen LogP contribution >= 0.6 is 15.9 Å². The Kier molecular flexibility index (Phi) is 6.73. The molecule has 0 saturated heterocycles. The van der Waals surface area contributed by atoms with Gasteiger partial charge in [0, 0.05) is 29.5 Å². The molecule has 0 aromatic heterocycles. The number of carbonyl (C=O) groups excluding carboxylic acids is 1. The number of halogens is 1. The van der Waals surface area contributed by atoms with E-state index in [0.29, 0.717) is 13.0 Å². The number of aryl methyl sites for hydroxylation is 1. The molecule has 1 amide bonds. The Morgan fingerprint density at radius 2 is 1.71 bits per heavy atom. The fourth-order valence-corrected chi connectivity index (χ4v) is 4.60. The second kappa shape index (κ2) is 9.67. The molecule has 3 aromatic rings. The second-order valence-corrected chi connectivity index (χ2v) is 8.90. The highest BCUT2D eigenvalue weighted by Gasteiger charge is 2.29. The number of carbonyl (C=O) groups is 1. The maximum Gasteiger partial charge on any atom is 0.407 e. The number of benzene rings is 3. The van der Waals surface area contributed by atoms with E-state index < -0.39 is 6.09 Å².